The molecule has 4 rings (SSSR count). The average Bonchev–Trinajstić information content (AvgIpc) is 2.53. The van der Waals surface area contributed by atoms with E-state index in [0.717, 1.165) is 27.5 Å². The first-order chi connectivity index (χ1) is 10.3. The second-order valence-corrected chi connectivity index (χ2v) is 5.45. The summed E-state index contributed by atoms with van der Waals surface area (Å²) in [5.74, 6) is 0.137. The van der Waals surface area contributed by atoms with Gasteiger partial charge in [0.25, 0.3) is 0 Å². The van der Waals surface area contributed by atoms with Gasteiger partial charge in [0.15, 0.2) is 5.78 Å². The van der Waals surface area contributed by atoms with Crippen molar-refractivity contribution >= 4 is 22.6 Å². The quantitative estimate of drug-likeness (QED) is 0.600. The number of hydrogen-bond donors (Lipinski definition) is 0. The van der Waals surface area contributed by atoms with Crippen LogP contribution < -0.4 is 0 Å². The van der Waals surface area contributed by atoms with Crippen molar-refractivity contribution in [3.8, 4) is 11.1 Å². The van der Waals surface area contributed by atoms with Crippen molar-refractivity contribution in [2.45, 2.75) is 6.92 Å². The van der Waals surface area contributed by atoms with Gasteiger partial charge in [-0.2, -0.15) is 0 Å². The molecular weight excluding hydrogens is 256 g/mol. The Bertz CT molecular complexity index is 902. The van der Waals surface area contributed by atoms with Crippen LogP contribution in [0.3, 0.4) is 0 Å². The van der Waals surface area contributed by atoms with Crippen molar-refractivity contribution < 1.29 is 4.79 Å². The summed E-state index contributed by atoms with van der Waals surface area (Å²) in [5.41, 5.74) is 5.12. The smallest absolute Gasteiger partial charge is 0.189 e. The summed E-state index contributed by atoms with van der Waals surface area (Å²) in [6.45, 7) is 1.88. The third kappa shape index (κ3) is 1.74. The summed E-state index contributed by atoms with van der Waals surface area (Å²) in [7, 11) is 0. The average molecular weight is 270 g/mol. The van der Waals surface area contributed by atoms with Crippen molar-refractivity contribution in [3.63, 3.8) is 0 Å². The van der Waals surface area contributed by atoms with Gasteiger partial charge >= 0.3 is 0 Å². The van der Waals surface area contributed by atoms with E-state index in [2.05, 4.69) is 30.3 Å². The lowest BCUT2D eigenvalue weighted by Gasteiger charge is -2.17. The number of carbonyl (C=O) groups is 1. The minimum absolute atomic E-state index is 0.137. The summed E-state index contributed by atoms with van der Waals surface area (Å²) in [6, 6.07) is 20.6. The molecule has 0 N–H and O–H groups in total. The molecule has 0 spiro atoms. The fourth-order valence-corrected chi connectivity index (χ4v) is 3.12. The molecule has 0 aliphatic heterocycles. The van der Waals surface area contributed by atoms with E-state index in [9.17, 15) is 4.79 Å². The maximum Gasteiger partial charge on any atom is 0.189 e. The number of Topliss-reactive ketones (excluding diaryl/α,β-unsaturated/α-hetero) is 1. The Morgan fingerprint density at radius 3 is 2.38 bits per heavy atom. The van der Waals surface area contributed by atoms with Gasteiger partial charge in [0, 0.05) is 10.9 Å². The Morgan fingerprint density at radius 2 is 1.57 bits per heavy atom. The highest BCUT2D eigenvalue weighted by Crippen LogP contribution is 2.36. The van der Waals surface area contributed by atoms with E-state index in [4.69, 9.17) is 0 Å². The first-order valence-electron chi connectivity index (χ1n) is 7.10. The van der Waals surface area contributed by atoms with Crippen LogP contribution >= 0.6 is 0 Å². The molecule has 0 unspecified atom stereocenters. The zero-order valence-corrected chi connectivity index (χ0v) is 11.8. The molecule has 3 aromatic rings. The van der Waals surface area contributed by atoms with Crippen molar-refractivity contribution in [1.82, 2.24) is 0 Å². The predicted molar refractivity (Wildman–Crippen MR) is 87.4 cm³/mol. The van der Waals surface area contributed by atoms with Gasteiger partial charge in [-0.05, 0) is 40.6 Å². The lowest BCUT2D eigenvalue weighted by atomic mass is 9.85. The van der Waals surface area contributed by atoms with Gasteiger partial charge in [0.05, 0.1) is 0 Å². The third-order valence-corrected chi connectivity index (χ3v) is 4.13. The maximum atomic E-state index is 12.4. The fourth-order valence-electron chi connectivity index (χ4n) is 3.12. The molecule has 0 saturated carbocycles. The van der Waals surface area contributed by atoms with Crippen LogP contribution in [-0.2, 0) is 0 Å². The van der Waals surface area contributed by atoms with Gasteiger partial charge in [-0.3, -0.25) is 4.79 Å². The molecule has 1 aliphatic carbocycles. The van der Waals surface area contributed by atoms with Crippen LogP contribution in [0, 0.1) is 0 Å². The largest absolute Gasteiger partial charge is 0.289 e. The molecule has 21 heavy (non-hydrogen) atoms. The van der Waals surface area contributed by atoms with Crippen LogP contribution in [0.5, 0.6) is 0 Å². The molecule has 0 amide bonds. The number of rotatable bonds is 1. The van der Waals surface area contributed by atoms with Crippen molar-refractivity contribution in [2.75, 3.05) is 0 Å². The highest BCUT2D eigenvalue weighted by molar-refractivity contribution is 6.23. The highest BCUT2D eigenvalue weighted by atomic mass is 16.1. The molecule has 0 aromatic heterocycles. The minimum atomic E-state index is 0.137. The highest BCUT2D eigenvalue weighted by Gasteiger charge is 2.20. The number of ketones is 1. The van der Waals surface area contributed by atoms with Gasteiger partial charge in [0.1, 0.15) is 0 Å². The monoisotopic (exact) mass is 270 g/mol. The Labute approximate surface area is 123 Å². The van der Waals surface area contributed by atoms with E-state index in [1.54, 1.807) is 0 Å². The maximum absolute atomic E-state index is 12.4. The molecule has 100 valence electrons. The van der Waals surface area contributed by atoms with E-state index < -0.39 is 0 Å². The number of carbonyl (C=O) groups excluding carboxylic acids is 1. The van der Waals surface area contributed by atoms with E-state index in [0.29, 0.717) is 0 Å². The molecular formula is C20H14O. The Balaban J connectivity index is 2.12. The summed E-state index contributed by atoms with van der Waals surface area (Å²) >= 11 is 0. The molecule has 0 radical (unpaired) electrons. The van der Waals surface area contributed by atoms with Gasteiger partial charge < -0.3 is 0 Å². The summed E-state index contributed by atoms with van der Waals surface area (Å²) < 4.78 is 0. The van der Waals surface area contributed by atoms with Crippen LogP contribution in [-0.4, -0.2) is 5.78 Å². The SMILES string of the molecule is CC1=Cc2ccc(-c3ccccc3)c3cccc(c23)C1=O. The molecule has 1 nitrogen and oxygen atoms in total. The van der Waals surface area contributed by atoms with E-state index in [1.807, 2.05) is 43.3 Å². The molecule has 0 saturated heterocycles. The normalized spacial score (nSPS) is 13.4. The van der Waals surface area contributed by atoms with Crippen LogP contribution in [0.25, 0.3) is 28.0 Å². The molecule has 0 heterocycles. The molecule has 0 fully saturated rings. The summed E-state index contributed by atoms with van der Waals surface area (Å²) in [5, 5.41) is 2.22. The Hall–Kier alpha value is -2.67. The van der Waals surface area contributed by atoms with Gasteiger partial charge in [-0.25, -0.2) is 0 Å². The molecule has 1 heteroatoms. The second-order valence-electron chi connectivity index (χ2n) is 5.45. The van der Waals surface area contributed by atoms with Gasteiger partial charge in [0.2, 0.25) is 0 Å². The molecule has 0 atom stereocenters. The zero-order valence-electron chi connectivity index (χ0n) is 11.8. The summed E-state index contributed by atoms with van der Waals surface area (Å²) in [6.07, 6.45) is 1.99. The minimum Gasteiger partial charge on any atom is -0.289 e. The lowest BCUT2D eigenvalue weighted by molar-refractivity contribution is 0.103. The number of allylic oxidation sites excluding steroid dienone is 1. The molecule has 1 aliphatic rings. The van der Waals surface area contributed by atoms with Gasteiger partial charge in [-0.15, -0.1) is 0 Å². The van der Waals surface area contributed by atoms with Crippen LogP contribution in [0.2, 0.25) is 0 Å². The van der Waals surface area contributed by atoms with Crippen LogP contribution in [0.1, 0.15) is 22.8 Å². The van der Waals surface area contributed by atoms with Gasteiger partial charge in [-0.1, -0.05) is 60.7 Å². The second kappa shape index (κ2) is 4.42. The van der Waals surface area contributed by atoms with Crippen LogP contribution in [0.4, 0.5) is 0 Å². The topological polar surface area (TPSA) is 17.1 Å². The standard InChI is InChI=1S/C20H14O/c1-13-12-15-10-11-16(14-6-3-2-4-7-14)17-8-5-9-18(19(15)17)20(13)21/h2-12H,1H3. The van der Waals surface area contributed by atoms with E-state index in [-0.39, 0.29) is 5.78 Å². The lowest BCUT2D eigenvalue weighted by Crippen LogP contribution is -2.06. The first-order valence-corrected chi connectivity index (χ1v) is 7.10. The number of benzene rings is 3. The Kier molecular flexibility index (Phi) is 2.55. The fraction of sp³-hybridized carbons (Fsp3) is 0.0500. The van der Waals surface area contributed by atoms with E-state index >= 15 is 0 Å². The zero-order chi connectivity index (χ0) is 14.4. The van der Waals surface area contributed by atoms with Crippen LogP contribution in [0.15, 0.2) is 66.2 Å². The first kappa shape index (κ1) is 12.1. The van der Waals surface area contributed by atoms with E-state index in [1.165, 1.54) is 11.1 Å². The molecule has 3 aromatic carbocycles. The van der Waals surface area contributed by atoms with Crippen molar-refractivity contribution in [3.05, 3.63) is 77.4 Å². The predicted octanol–water partition coefficient (Wildman–Crippen LogP) is 5.11. The molecule has 0 bridgehead atoms. The Morgan fingerprint density at radius 1 is 0.762 bits per heavy atom. The summed E-state index contributed by atoms with van der Waals surface area (Å²) in [4.78, 5) is 12.4. The third-order valence-electron chi connectivity index (χ3n) is 4.13. The van der Waals surface area contributed by atoms with Crippen molar-refractivity contribution in [2.24, 2.45) is 0 Å². The number of hydrogen-bond acceptors (Lipinski definition) is 1. The van der Waals surface area contributed by atoms with Crippen molar-refractivity contribution in [1.29, 1.82) is 0 Å².